The van der Waals surface area contributed by atoms with E-state index in [0.717, 1.165) is 31.4 Å². The molecule has 24 heavy (non-hydrogen) atoms. The van der Waals surface area contributed by atoms with Crippen molar-refractivity contribution in [3.8, 4) is 0 Å². The van der Waals surface area contributed by atoms with E-state index in [1.54, 1.807) is 18.2 Å². The second-order valence-corrected chi connectivity index (χ2v) is 6.59. The normalized spacial score (nSPS) is 22.8. The summed E-state index contributed by atoms with van der Waals surface area (Å²) in [4.78, 5) is 30.8. The molecule has 0 N–H and O–H groups in total. The monoisotopic (exact) mass is 317 g/mol. The number of para-hydroxylation sites is 1. The zero-order chi connectivity index (χ0) is 16.5. The molecular weight excluding hydrogens is 298 g/mol. The Bertz CT molecular complexity index is 817. The van der Waals surface area contributed by atoms with Crippen LogP contribution in [0.3, 0.4) is 0 Å². The van der Waals surface area contributed by atoms with Crippen LogP contribution < -0.4 is 0 Å². The van der Waals surface area contributed by atoms with E-state index in [1.807, 2.05) is 36.4 Å². The minimum absolute atomic E-state index is 0.0618. The van der Waals surface area contributed by atoms with Gasteiger partial charge in [0.2, 0.25) is 5.78 Å². The van der Waals surface area contributed by atoms with Gasteiger partial charge in [-0.1, -0.05) is 55.3 Å². The summed E-state index contributed by atoms with van der Waals surface area (Å²) >= 11 is 0. The van der Waals surface area contributed by atoms with Crippen molar-refractivity contribution in [3.05, 3.63) is 65.7 Å². The average Bonchev–Trinajstić information content (AvgIpc) is 3.15. The molecule has 2 aromatic carbocycles. The van der Waals surface area contributed by atoms with Gasteiger partial charge in [-0.05, 0) is 30.9 Å². The van der Waals surface area contributed by atoms with Gasteiger partial charge in [-0.15, -0.1) is 0 Å². The quantitative estimate of drug-likeness (QED) is 0.809. The fourth-order valence-electron chi connectivity index (χ4n) is 3.96. The van der Waals surface area contributed by atoms with Crippen molar-refractivity contribution in [2.24, 2.45) is 16.8 Å². The number of carbonyl (C=O) groups is 2. The van der Waals surface area contributed by atoms with Gasteiger partial charge in [-0.2, -0.15) is 0 Å². The van der Waals surface area contributed by atoms with Crippen LogP contribution in [0.4, 0.5) is 5.69 Å². The fraction of sp³-hybridized carbons (Fsp3) is 0.286. The topological polar surface area (TPSA) is 46.5 Å². The van der Waals surface area contributed by atoms with Crippen LogP contribution in [0.15, 0.2) is 59.6 Å². The number of rotatable bonds is 2. The first-order valence-electron chi connectivity index (χ1n) is 8.57. The van der Waals surface area contributed by atoms with E-state index >= 15 is 0 Å². The average molecular weight is 317 g/mol. The molecule has 1 unspecified atom stereocenters. The van der Waals surface area contributed by atoms with Gasteiger partial charge in [0, 0.05) is 11.1 Å². The molecule has 0 radical (unpaired) electrons. The molecule has 0 saturated heterocycles. The van der Waals surface area contributed by atoms with Crippen LogP contribution in [0.5, 0.6) is 0 Å². The Labute approximate surface area is 141 Å². The number of carbonyl (C=O) groups excluding carboxylic acids is 2. The van der Waals surface area contributed by atoms with Crippen LogP contribution in [-0.4, -0.2) is 17.3 Å². The Morgan fingerprint density at radius 2 is 1.42 bits per heavy atom. The number of fused-ring (bicyclic) bond motifs is 1. The molecule has 2 aromatic rings. The second kappa shape index (κ2) is 6.16. The standard InChI is InChI=1S/C21H19NO2/c23-20-16-12-6-7-13-17(16)21(24)19(18(20)14-8-4-5-9-14)22-15-10-2-1-3-11-15/h1-3,6-7,10-14,18H,4-5,8-9H2. The number of hydrogen-bond donors (Lipinski definition) is 0. The van der Waals surface area contributed by atoms with Crippen molar-refractivity contribution in [3.63, 3.8) is 0 Å². The van der Waals surface area contributed by atoms with E-state index in [1.165, 1.54) is 0 Å². The Hall–Kier alpha value is -2.55. The molecule has 0 heterocycles. The molecule has 0 aromatic heterocycles. The van der Waals surface area contributed by atoms with Crippen molar-refractivity contribution in [1.82, 2.24) is 0 Å². The Morgan fingerprint density at radius 1 is 0.792 bits per heavy atom. The Morgan fingerprint density at radius 3 is 2.12 bits per heavy atom. The van der Waals surface area contributed by atoms with Gasteiger partial charge in [0.05, 0.1) is 11.6 Å². The lowest BCUT2D eigenvalue weighted by Crippen LogP contribution is -2.40. The summed E-state index contributed by atoms with van der Waals surface area (Å²) in [5.74, 6) is -0.190. The highest BCUT2D eigenvalue weighted by atomic mass is 16.1. The minimum Gasteiger partial charge on any atom is -0.293 e. The first-order valence-corrected chi connectivity index (χ1v) is 8.57. The molecule has 3 nitrogen and oxygen atoms in total. The van der Waals surface area contributed by atoms with E-state index in [-0.39, 0.29) is 17.5 Å². The van der Waals surface area contributed by atoms with Gasteiger partial charge in [-0.3, -0.25) is 9.59 Å². The number of Topliss-reactive ketones (excluding diaryl/α,β-unsaturated/α-hetero) is 2. The molecule has 1 saturated carbocycles. The molecule has 0 spiro atoms. The third-order valence-electron chi connectivity index (χ3n) is 5.12. The predicted octanol–water partition coefficient (Wildman–Crippen LogP) is 4.64. The van der Waals surface area contributed by atoms with E-state index in [9.17, 15) is 9.59 Å². The molecule has 120 valence electrons. The summed E-state index contributed by atoms with van der Waals surface area (Å²) in [6, 6.07) is 16.6. The SMILES string of the molecule is O=C1C(=Nc2ccccc2)C(C2CCCC2)C(=O)c2ccccc21. The number of nitrogens with zero attached hydrogens (tertiary/aromatic N) is 1. The molecule has 2 aliphatic rings. The number of benzene rings is 2. The molecule has 0 aliphatic heterocycles. The first-order chi connectivity index (χ1) is 11.8. The van der Waals surface area contributed by atoms with Crippen LogP contribution in [0.2, 0.25) is 0 Å². The maximum atomic E-state index is 13.1. The zero-order valence-corrected chi connectivity index (χ0v) is 13.4. The van der Waals surface area contributed by atoms with E-state index in [4.69, 9.17) is 0 Å². The fourth-order valence-corrected chi connectivity index (χ4v) is 3.96. The predicted molar refractivity (Wildman–Crippen MR) is 94.1 cm³/mol. The molecule has 2 aliphatic carbocycles. The van der Waals surface area contributed by atoms with Crippen molar-refractivity contribution >= 4 is 23.0 Å². The lowest BCUT2D eigenvalue weighted by atomic mass is 9.73. The molecular formula is C21H19NO2. The first kappa shape index (κ1) is 15.0. The highest BCUT2D eigenvalue weighted by Crippen LogP contribution is 2.38. The number of aliphatic imine (C=N–C) groups is 1. The van der Waals surface area contributed by atoms with Crippen LogP contribution in [-0.2, 0) is 0 Å². The van der Waals surface area contributed by atoms with E-state index in [0.29, 0.717) is 16.8 Å². The maximum Gasteiger partial charge on any atom is 0.208 e. The van der Waals surface area contributed by atoms with Crippen LogP contribution in [0.25, 0.3) is 0 Å². The lowest BCUT2D eigenvalue weighted by molar-refractivity contribution is 0.0888. The van der Waals surface area contributed by atoms with Crippen LogP contribution in [0, 0.1) is 11.8 Å². The molecule has 1 fully saturated rings. The van der Waals surface area contributed by atoms with E-state index < -0.39 is 5.92 Å². The van der Waals surface area contributed by atoms with E-state index in [2.05, 4.69) is 4.99 Å². The zero-order valence-electron chi connectivity index (χ0n) is 13.4. The number of hydrogen-bond acceptors (Lipinski definition) is 3. The van der Waals surface area contributed by atoms with Gasteiger partial charge < -0.3 is 0 Å². The van der Waals surface area contributed by atoms with Crippen molar-refractivity contribution < 1.29 is 9.59 Å². The number of ketones is 2. The third-order valence-corrected chi connectivity index (χ3v) is 5.12. The van der Waals surface area contributed by atoms with Gasteiger partial charge in [-0.25, -0.2) is 4.99 Å². The summed E-state index contributed by atoms with van der Waals surface area (Å²) in [7, 11) is 0. The second-order valence-electron chi connectivity index (χ2n) is 6.59. The summed E-state index contributed by atoms with van der Waals surface area (Å²) in [5, 5.41) is 0. The smallest absolute Gasteiger partial charge is 0.208 e. The van der Waals surface area contributed by atoms with Gasteiger partial charge in [0.25, 0.3) is 0 Å². The summed E-state index contributed by atoms with van der Waals surface area (Å²) in [5.41, 5.74) is 2.21. The van der Waals surface area contributed by atoms with Gasteiger partial charge in [0.1, 0.15) is 5.71 Å². The highest BCUT2D eigenvalue weighted by molar-refractivity contribution is 6.54. The maximum absolute atomic E-state index is 13.1. The summed E-state index contributed by atoms with van der Waals surface area (Å²) in [6.07, 6.45) is 4.26. The summed E-state index contributed by atoms with van der Waals surface area (Å²) < 4.78 is 0. The molecule has 0 amide bonds. The third kappa shape index (κ3) is 2.50. The summed E-state index contributed by atoms with van der Waals surface area (Å²) in [6.45, 7) is 0. The van der Waals surface area contributed by atoms with Gasteiger partial charge >= 0.3 is 0 Å². The van der Waals surface area contributed by atoms with Crippen molar-refractivity contribution in [1.29, 1.82) is 0 Å². The molecule has 3 heteroatoms. The van der Waals surface area contributed by atoms with Gasteiger partial charge in [0.15, 0.2) is 5.78 Å². The van der Waals surface area contributed by atoms with Crippen LogP contribution in [0.1, 0.15) is 46.4 Å². The Kier molecular flexibility index (Phi) is 3.85. The highest BCUT2D eigenvalue weighted by Gasteiger charge is 2.43. The Balaban J connectivity index is 1.86. The van der Waals surface area contributed by atoms with Crippen molar-refractivity contribution in [2.45, 2.75) is 25.7 Å². The van der Waals surface area contributed by atoms with Crippen molar-refractivity contribution in [2.75, 3.05) is 0 Å². The molecule has 1 atom stereocenters. The molecule has 4 rings (SSSR count). The lowest BCUT2D eigenvalue weighted by Gasteiger charge is -2.28. The molecule has 0 bridgehead atoms. The minimum atomic E-state index is -0.393. The van der Waals surface area contributed by atoms with Crippen LogP contribution >= 0.6 is 0 Å². The largest absolute Gasteiger partial charge is 0.293 e.